The van der Waals surface area contributed by atoms with Gasteiger partial charge in [-0.15, -0.1) is 11.3 Å². The summed E-state index contributed by atoms with van der Waals surface area (Å²) in [5, 5.41) is 17.9. The summed E-state index contributed by atoms with van der Waals surface area (Å²) in [6, 6.07) is 18.4. The van der Waals surface area contributed by atoms with Crippen molar-refractivity contribution in [2.45, 2.75) is 0 Å². The number of nitro benzene ring substituents is 1. The van der Waals surface area contributed by atoms with Gasteiger partial charge in [0, 0.05) is 56.8 Å². The van der Waals surface area contributed by atoms with E-state index in [1.54, 1.807) is 23.5 Å². The van der Waals surface area contributed by atoms with Crippen LogP contribution in [0.15, 0.2) is 66.0 Å². The number of thiazole rings is 1. The fourth-order valence-electron chi connectivity index (χ4n) is 4.65. The summed E-state index contributed by atoms with van der Waals surface area (Å²) in [6.45, 7) is 4.64. The van der Waals surface area contributed by atoms with Crippen LogP contribution in [-0.4, -0.2) is 65.0 Å². The number of amides is 1. The number of pyridine rings is 1. The van der Waals surface area contributed by atoms with Crippen molar-refractivity contribution in [2.24, 2.45) is 0 Å². The van der Waals surface area contributed by atoms with Crippen LogP contribution in [0, 0.1) is 10.1 Å². The Morgan fingerprint density at radius 3 is 2.63 bits per heavy atom. The van der Waals surface area contributed by atoms with E-state index >= 15 is 0 Å². The van der Waals surface area contributed by atoms with Gasteiger partial charge in [0.05, 0.1) is 36.8 Å². The number of thiophene rings is 1. The lowest BCUT2D eigenvalue weighted by Crippen LogP contribution is -2.48. The third kappa shape index (κ3) is 4.95. The van der Waals surface area contributed by atoms with Gasteiger partial charge < -0.3 is 10.2 Å². The Labute approximate surface area is 226 Å². The number of carbonyl (C=O) groups excluding carboxylic acids is 1. The number of para-hydroxylation sites is 1. The summed E-state index contributed by atoms with van der Waals surface area (Å²) in [5.41, 5.74) is 3.13. The molecule has 0 saturated carbocycles. The van der Waals surface area contributed by atoms with Crippen LogP contribution in [0.3, 0.4) is 0 Å². The fourth-order valence-corrected chi connectivity index (χ4v) is 6.39. The zero-order valence-electron chi connectivity index (χ0n) is 20.4. The SMILES string of the molecule is O=C(NCCN1CCN(c2nc3ccc([N+](=O)[O-])cc3s2)CC1)c1cc(-c2cccs2)nc2ccccc12. The maximum Gasteiger partial charge on any atom is 0.270 e. The monoisotopic (exact) mass is 544 g/mol. The maximum absolute atomic E-state index is 13.2. The number of anilines is 1. The highest BCUT2D eigenvalue weighted by molar-refractivity contribution is 7.22. The van der Waals surface area contributed by atoms with Gasteiger partial charge in [0.15, 0.2) is 5.13 Å². The summed E-state index contributed by atoms with van der Waals surface area (Å²) in [4.78, 5) is 38.9. The number of nitrogens with zero attached hydrogens (tertiary/aromatic N) is 5. The minimum atomic E-state index is -0.379. The standard InChI is InChI=1S/C27H24N6O3S2/c34-26(20-17-23(24-6-3-15-37-24)29-21-5-2-1-4-19(20)21)28-9-10-31-11-13-32(14-12-31)27-30-22-8-7-18(33(35)36)16-25(22)38-27/h1-8,15-17H,9-14H2,(H,28,34). The average molecular weight is 545 g/mol. The fraction of sp³-hybridized carbons (Fsp3) is 0.222. The van der Waals surface area contributed by atoms with Crippen molar-refractivity contribution in [2.75, 3.05) is 44.2 Å². The molecule has 1 saturated heterocycles. The molecule has 1 fully saturated rings. The Bertz CT molecular complexity index is 1630. The number of hydrogen-bond acceptors (Lipinski definition) is 9. The average Bonchev–Trinajstić information content (AvgIpc) is 3.63. The molecule has 0 radical (unpaired) electrons. The molecule has 1 amide bonds. The molecule has 6 rings (SSSR count). The Hall–Kier alpha value is -3.93. The Balaban J connectivity index is 1.06. The predicted octanol–water partition coefficient (Wildman–Crippen LogP) is 5.03. The van der Waals surface area contributed by atoms with Crippen LogP contribution in [0.4, 0.5) is 10.8 Å². The first-order chi connectivity index (χ1) is 18.5. The van der Waals surface area contributed by atoms with Gasteiger partial charge in [-0.1, -0.05) is 35.6 Å². The lowest BCUT2D eigenvalue weighted by Gasteiger charge is -2.34. The van der Waals surface area contributed by atoms with Gasteiger partial charge in [-0.05, 0) is 29.6 Å². The summed E-state index contributed by atoms with van der Waals surface area (Å²) in [5.74, 6) is -0.0939. The van der Waals surface area contributed by atoms with Gasteiger partial charge in [0.2, 0.25) is 0 Å². The van der Waals surface area contributed by atoms with Gasteiger partial charge in [-0.25, -0.2) is 9.97 Å². The van der Waals surface area contributed by atoms with E-state index in [9.17, 15) is 14.9 Å². The molecule has 9 nitrogen and oxygen atoms in total. The normalized spacial score (nSPS) is 14.3. The van der Waals surface area contributed by atoms with Crippen LogP contribution >= 0.6 is 22.7 Å². The van der Waals surface area contributed by atoms with Crippen molar-refractivity contribution in [3.63, 3.8) is 0 Å². The zero-order chi connectivity index (χ0) is 26.1. The first-order valence-corrected chi connectivity index (χ1v) is 14.0. The molecular weight excluding hydrogens is 520 g/mol. The van der Waals surface area contributed by atoms with E-state index in [1.807, 2.05) is 47.8 Å². The van der Waals surface area contributed by atoms with Crippen LogP contribution in [0.25, 0.3) is 31.7 Å². The molecule has 1 aliphatic rings. The topological polar surface area (TPSA) is 105 Å². The number of aromatic nitrogens is 2. The summed E-state index contributed by atoms with van der Waals surface area (Å²) < 4.78 is 0.824. The number of nitro groups is 1. The highest BCUT2D eigenvalue weighted by Crippen LogP contribution is 2.32. The van der Waals surface area contributed by atoms with Crippen molar-refractivity contribution in [1.82, 2.24) is 20.2 Å². The van der Waals surface area contributed by atoms with E-state index in [2.05, 4.69) is 20.1 Å². The van der Waals surface area contributed by atoms with E-state index in [4.69, 9.17) is 4.98 Å². The molecule has 1 N–H and O–H groups in total. The quantitative estimate of drug-likeness (QED) is 0.226. The molecule has 4 heterocycles. The highest BCUT2D eigenvalue weighted by Gasteiger charge is 2.21. The second kappa shape index (κ2) is 10.4. The summed E-state index contributed by atoms with van der Waals surface area (Å²) in [7, 11) is 0. The van der Waals surface area contributed by atoms with Crippen molar-refractivity contribution in [1.29, 1.82) is 0 Å². The van der Waals surface area contributed by atoms with Crippen molar-refractivity contribution in [3.05, 3.63) is 81.7 Å². The molecule has 11 heteroatoms. The number of nitrogens with one attached hydrogen (secondary N) is 1. The van der Waals surface area contributed by atoms with E-state index in [0.717, 1.165) is 69.5 Å². The summed E-state index contributed by atoms with van der Waals surface area (Å²) in [6.07, 6.45) is 0. The molecule has 0 unspecified atom stereocenters. The molecular formula is C27H24N6O3S2. The molecule has 192 valence electrons. The Kier molecular flexibility index (Phi) is 6.71. The number of benzene rings is 2. The van der Waals surface area contributed by atoms with Crippen LogP contribution in [-0.2, 0) is 0 Å². The summed E-state index contributed by atoms with van der Waals surface area (Å²) >= 11 is 3.09. The number of rotatable bonds is 7. The van der Waals surface area contributed by atoms with Crippen molar-refractivity contribution >= 4 is 60.5 Å². The molecule has 3 aromatic heterocycles. The molecule has 1 aliphatic heterocycles. The smallest absolute Gasteiger partial charge is 0.270 e. The first-order valence-electron chi connectivity index (χ1n) is 12.3. The van der Waals surface area contributed by atoms with E-state index in [0.29, 0.717) is 12.1 Å². The second-order valence-electron chi connectivity index (χ2n) is 9.04. The van der Waals surface area contributed by atoms with Gasteiger partial charge in [0.25, 0.3) is 11.6 Å². The second-order valence-corrected chi connectivity index (χ2v) is 11.0. The molecule has 0 atom stereocenters. The van der Waals surface area contributed by atoms with Crippen LogP contribution < -0.4 is 10.2 Å². The van der Waals surface area contributed by atoms with E-state index in [-0.39, 0.29) is 16.5 Å². The number of non-ortho nitro benzene ring substituents is 1. The zero-order valence-corrected chi connectivity index (χ0v) is 22.0. The maximum atomic E-state index is 13.2. The molecule has 0 aliphatic carbocycles. The highest BCUT2D eigenvalue weighted by atomic mass is 32.1. The molecule has 38 heavy (non-hydrogen) atoms. The van der Waals surface area contributed by atoms with E-state index in [1.165, 1.54) is 17.4 Å². The van der Waals surface area contributed by atoms with Gasteiger partial charge in [0.1, 0.15) is 0 Å². The first kappa shape index (κ1) is 24.4. The molecule has 2 aromatic carbocycles. The predicted molar refractivity (Wildman–Crippen MR) is 152 cm³/mol. The van der Waals surface area contributed by atoms with Crippen molar-refractivity contribution < 1.29 is 9.72 Å². The minimum Gasteiger partial charge on any atom is -0.351 e. The third-order valence-corrected chi connectivity index (χ3v) is 8.63. The minimum absolute atomic E-state index is 0.0853. The Morgan fingerprint density at radius 1 is 1.00 bits per heavy atom. The molecule has 0 spiro atoms. The Morgan fingerprint density at radius 2 is 1.84 bits per heavy atom. The number of carbonyl (C=O) groups is 1. The third-order valence-electron chi connectivity index (χ3n) is 6.66. The van der Waals surface area contributed by atoms with E-state index < -0.39 is 0 Å². The van der Waals surface area contributed by atoms with Gasteiger partial charge in [-0.2, -0.15) is 0 Å². The number of piperazine rings is 1. The van der Waals surface area contributed by atoms with Gasteiger partial charge >= 0.3 is 0 Å². The van der Waals surface area contributed by atoms with Crippen molar-refractivity contribution in [3.8, 4) is 10.6 Å². The lowest BCUT2D eigenvalue weighted by molar-refractivity contribution is -0.384. The van der Waals surface area contributed by atoms with Crippen LogP contribution in [0.5, 0.6) is 0 Å². The molecule has 0 bridgehead atoms. The van der Waals surface area contributed by atoms with Crippen LogP contribution in [0.1, 0.15) is 10.4 Å². The number of fused-ring (bicyclic) bond motifs is 2. The van der Waals surface area contributed by atoms with Gasteiger partial charge in [-0.3, -0.25) is 19.8 Å². The van der Waals surface area contributed by atoms with Crippen LogP contribution in [0.2, 0.25) is 0 Å². The molecule has 5 aromatic rings. The number of hydrogen-bond donors (Lipinski definition) is 1. The largest absolute Gasteiger partial charge is 0.351 e. The lowest BCUT2D eigenvalue weighted by atomic mass is 10.1.